The fourth-order valence-corrected chi connectivity index (χ4v) is 2.08. The maximum Gasteiger partial charge on any atom is 0.273 e. The van der Waals surface area contributed by atoms with Crippen molar-refractivity contribution in [3.05, 3.63) is 28.8 Å². The quantitative estimate of drug-likeness (QED) is 0.659. The third kappa shape index (κ3) is 1.87. The van der Waals surface area contributed by atoms with Gasteiger partial charge in [0.05, 0.1) is 0 Å². The van der Waals surface area contributed by atoms with Gasteiger partial charge in [0.25, 0.3) is 5.92 Å². The highest BCUT2D eigenvalue weighted by Gasteiger charge is 2.30. The van der Waals surface area contributed by atoms with Crippen LogP contribution in [0, 0.1) is 13.8 Å². The maximum absolute atomic E-state index is 13.5. The van der Waals surface area contributed by atoms with Crippen LogP contribution < -0.4 is 5.19 Å². The Hall–Kier alpha value is -0.703. The summed E-state index contributed by atoms with van der Waals surface area (Å²) in [5.74, 6) is -2.68. The lowest BCUT2D eigenvalue weighted by molar-refractivity contribution is -0.00892. The first-order chi connectivity index (χ1) is 6.40. The Morgan fingerprint density at radius 1 is 1.21 bits per heavy atom. The topological polar surface area (TPSA) is 0 Å². The Morgan fingerprint density at radius 2 is 1.79 bits per heavy atom. The van der Waals surface area contributed by atoms with Crippen molar-refractivity contribution >= 4 is 15.4 Å². The van der Waals surface area contributed by atoms with Crippen LogP contribution in [0.25, 0.3) is 0 Å². The summed E-state index contributed by atoms with van der Waals surface area (Å²) in [5.41, 5.74) is 1.98. The zero-order valence-corrected chi connectivity index (χ0v) is 11.1. The van der Waals surface area contributed by atoms with Crippen LogP contribution in [-0.2, 0) is 5.92 Å². The molecule has 0 bridgehead atoms. The smallest absolute Gasteiger partial charge is 0.201 e. The molecule has 0 saturated carbocycles. The molecular formula is C11H16F2Si. The Morgan fingerprint density at radius 3 is 2.29 bits per heavy atom. The van der Waals surface area contributed by atoms with Crippen LogP contribution in [0.5, 0.6) is 0 Å². The van der Waals surface area contributed by atoms with Crippen LogP contribution in [0.1, 0.15) is 30.0 Å². The first-order valence-corrected chi connectivity index (χ1v) is 5.85. The van der Waals surface area contributed by atoms with Gasteiger partial charge in [-0.15, -0.1) is 0 Å². The maximum atomic E-state index is 13.5. The Bertz CT molecular complexity index is 345. The van der Waals surface area contributed by atoms with Gasteiger partial charge in [0, 0.05) is 22.2 Å². The van der Waals surface area contributed by atoms with Crippen molar-refractivity contribution in [3.8, 4) is 0 Å². The summed E-state index contributed by atoms with van der Waals surface area (Å²) in [5, 5.41) is 1.21. The van der Waals surface area contributed by atoms with Crippen molar-refractivity contribution in [1.29, 1.82) is 0 Å². The third-order valence-corrected chi connectivity index (χ3v) is 3.98. The summed E-state index contributed by atoms with van der Waals surface area (Å²) >= 11 is 0. The summed E-state index contributed by atoms with van der Waals surface area (Å²) in [4.78, 5) is 0. The second-order valence-electron chi connectivity index (χ2n) is 3.74. The summed E-state index contributed by atoms with van der Waals surface area (Å²) in [7, 11) is 0.916. The van der Waals surface area contributed by atoms with E-state index in [1.54, 1.807) is 13.0 Å². The predicted molar refractivity (Wildman–Crippen MR) is 59.7 cm³/mol. The predicted octanol–water partition coefficient (Wildman–Crippen LogP) is 1.80. The molecule has 0 aliphatic rings. The highest BCUT2D eigenvalue weighted by atomic mass is 28.1. The number of hydrogen-bond acceptors (Lipinski definition) is 0. The third-order valence-electron chi connectivity index (χ3n) is 2.90. The van der Waals surface area contributed by atoms with Crippen LogP contribution in [0.3, 0.4) is 0 Å². The van der Waals surface area contributed by atoms with Gasteiger partial charge in [-0.3, -0.25) is 0 Å². The summed E-state index contributed by atoms with van der Waals surface area (Å²) in [6.45, 7) is 5.23. The molecule has 0 fully saturated rings. The highest BCUT2D eigenvalue weighted by Crippen LogP contribution is 2.33. The number of hydrogen-bond donors (Lipinski definition) is 0. The number of benzene rings is 1. The molecule has 0 spiro atoms. The Kier molecular flexibility index (Phi) is 3.09. The summed E-state index contributed by atoms with van der Waals surface area (Å²) < 4.78 is 26.9. The van der Waals surface area contributed by atoms with Gasteiger partial charge in [-0.2, -0.15) is 0 Å². The SMILES string of the molecule is CCC(F)(F)c1ccc([SiH3])c(C)c1C. The molecular weight excluding hydrogens is 198 g/mol. The molecule has 0 nitrogen and oxygen atoms in total. The molecule has 0 heterocycles. The Balaban J connectivity index is 3.31. The molecule has 0 radical (unpaired) electrons. The van der Waals surface area contributed by atoms with E-state index in [0.29, 0.717) is 0 Å². The normalized spacial score (nSPS) is 12.1. The van der Waals surface area contributed by atoms with Gasteiger partial charge in [0.15, 0.2) is 0 Å². The van der Waals surface area contributed by atoms with Gasteiger partial charge in [0.2, 0.25) is 0 Å². The highest BCUT2D eigenvalue weighted by molar-refractivity contribution is 6.33. The lowest BCUT2D eigenvalue weighted by atomic mass is 9.97. The molecule has 0 aliphatic carbocycles. The standard InChI is InChI=1S/C11H16F2Si/c1-4-11(12,13)9-5-6-10(14)8(3)7(9)2/h5-6H,4H2,1-3,14H3. The molecule has 3 heteroatoms. The summed E-state index contributed by atoms with van der Waals surface area (Å²) in [6, 6.07) is 3.40. The van der Waals surface area contributed by atoms with Crippen molar-refractivity contribution < 1.29 is 8.78 Å². The molecule has 14 heavy (non-hydrogen) atoms. The van der Waals surface area contributed by atoms with Gasteiger partial charge in [-0.25, -0.2) is 8.78 Å². The van der Waals surface area contributed by atoms with Gasteiger partial charge < -0.3 is 0 Å². The van der Waals surface area contributed by atoms with Gasteiger partial charge in [0.1, 0.15) is 0 Å². The Labute approximate surface area is 86.8 Å². The van der Waals surface area contributed by atoms with E-state index in [0.717, 1.165) is 21.4 Å². The van der Waals surface area contributed by atoms with Crippen molar-refractivity contribution in [2.45, 2.75) is 33.1 Å². The molecule has 78 valence electrons. The first-order valence-electron chi connectivity index (χ1n) is 4.85. The molecule has 0 saturated heterocycles. The molecule has 0 amide bonds. The van der Waals surface area contributed by atoms with Crippen molar-refractivity contribution in [2.75, 3.05) is 0 Å². The van der Waals surface area contributed by atoms with Crippen LogP contribution in [0.15, 0.2) is 12.1 Å². The van der Waals surface area contributed by atoms with Crippen LogP contribution in [-0.4, -0.2) is 10.2 Å². The molecule has 0 atom stereocenters. The second kappa shape index (κ2) is 3.81. The lowest BCUT2D eigenvalue weighted by Gasteiger charge is -2.19. The zero-order valence-electron chi connectivity index (χ0n) is 9.12. The van der Waals surface area contributed by atoms with E-state index >= 15 is 0 Å². The van der Waals surface area contributed by atoms with Crippen LogP contribution in [0.2, 0.25) is 0 Å². The molecule has 1 aromatic rings. The lowest BCUT2D eigenvalue weighted by Crippen LogP contribution is -2.18. The van der Waals surface area contributed by atoms with Crippen LogP contribution in [0.4, 0.5) is 8.78 Å². The van der Waals surface area contributed by atoms with E-state index < -0.39 is 5.92 Å². The minimum Gasteiger partial charge on any atom is -0.201 e. The minimum atomic E-state index is -2.68. The molecule has 0 N–H and O–H groups in total. The summed E-state index contributed by atoms with van der Waals surface area (Å²) in [6.07, 6.45) is -0.131. The number of alkyl halides is 2. The average molecular weight is 214 g/mol. The molecule has 1 rings (SSSR count). The van der Waals surface area contributed by atoms with Crippen LogP contribution >= 0.6 is 0 Å². The van der Waals surface area contributed by atoms with E-state index in [1.807, 2.05) is 13.0 Å². The van der Waals surface area contributed by atoms with E-state index in [2.05, 4.69) is 0 Å². The van der Waals surface area contributed by atoms with E-state index in [-0.39, 0.29) is 12.0 Å². The second-order valence-corrected chi connectivity index (χ2v) is 4.82. The van der Waals surface area contributed by atoms with E-state index in [9.17, 15) is 8.78 Å². The fourth-order valence-electron chi connectivity index (χ4n) is 1.54. The van der Waals surface area contributed by atoms with E-state index in [1.165, 1.54) is 12.1 Å². The molecule has 0 aliphatic heterocycles. The van der Waals surface area contributed by atoms with Gasteiger partial charge in [-0.1, -0.05) is 24.2 Å². The molecule has 0 unspecified atom stereocenters. The fraction of sp³-hybridized carbons (Fsp3) is 0.455. The van der Waals surface area contributed by atoms with Gasteiger partial charge >= 0.3 is 0 Å². The number of halogens is 2. The van der Waals surface area contributed by atoms with Gasteiger partial charge in [-0.05, 0) is 25.0 Å². The average Bonchev–Trinajstić information content (AvgIpc) is 2.14. The van der Waals surface area contributed by atoms with Crippen molar-refractivity contribution in [1.82, 2.24) is 0 Å². The largest absolute Gasteiger partial charge is 0.273 e. The zero-order chi connectivity index (χ0) is 10.9. The number of rotatable bonds is 2. The monoisotopic (exact) mass is 214 g/mol. The van der Waals surface area contributed by atoms with Crippen molar-refractivity contribution in [3.63, 3.8) is 0 Å². The van der Waals surface area contributed by atoms with E-state index in [4.69, 9.17) is 0 Å². The molecule has 0 aromatic heterocycles. The van der Waals surface area contributed by atoms with Crippen molar-refractivity contribution in [2.24, 2.45) is 0 Å². The first kappa shape index (κ1) is 11.4. The molecule has 1 aromatic carbocycles. The minimum absolute atomic E-state index is 0.131.